The van der Waals surface area contributed by atoms with Crippen molar-refractivity contribution in [3.05, 3.63) is 23.5 Å². The van der Waals surface area contributed by atoms with E-state index in [4.69, 9.17) is 14.2 Å². The van der Waals surface area contributed by atoms with Crippen molar-refractivity contribution in [1.29, 1.82) is 0 Å². The van der Waals surface area contributed by atoms with Crippen molar-refractivity contribution in [2.75, 3.05) is 68.2 Å². The molecule has 9 nitrogen and oxygen atoms in total. The number of hydrogen-bond donors (Lipinski definition) is 1. The zero-order valence-corrected chi connectivity index (χ0v) is 21.6. The normalized spacial score (nSPS) is 17.3. The highest BCUT2D eigenvalue weighted by molar-refractivity contribution is 7.99. The average Bonchev–Trinajstić information content (AvgIpc) is 2.88. The molecule has 11 heteroatoms. The number of benzene rings is 1. The van der Waals surface area contributed by atoms with Gasteiger partial charge in [-0.25, -0.2) is 0 Å². The highest BCUT2D eigenvalue weighted by atomic mass is 32.2. The molecule has 4 rings (SSSR count). The molecule has 2 saturated heterocycles. The molecule has 0 radical (unpaired) electrons. The Balaban J connectivity index is 1.36. The van der Waals surface area contributed by atoms with Crippen molar-refractivity contribution >= 4 is 23.7 Å². The molecule has 1 N–H and O–H groups in total. The van der Waals surface area contributed by atoms with Crippen molar-refractivity contribution in [2.24, 2.45) is 0 Å². The Hall–Kier alpha value is -2.53. The quantitative estimate of drug-likeness (QED) is 0.517. The van der Waals surface area contributed by atoms with Crippen LogP contribution in [0.1, 0.15) is 32.3 Å². The number of anilines is 2. The monoisotopic (exact) mass is 506 g/mol. The standard InChI is InChI=1S/C24H35FN6O3S/c1-4-33-19-14-17(15-20(21(19)25)34-5-2)16-30-8-6-18(7-9-30)26-22-27-23(29-24(28-22)32-3)31-10-12-35-13-11-31/h14-15,18H,4-13,16H2,1-3H3,(H,26,27,28,29). The minimum atomic E-state index is -0.434. The summed E-state index contributed by atoms with van der Waals surface area (Å²) in [4.78, 5) is 18.1. The lowest BCUT2D eigenvalue weighted by molar-refractivity contribution is 0.210. The molecule has 2 fully saturated rings. The van der Waals surface area contributed by atoms with Gasteiger partial charge in [0.05, 0.1) is 20.3 Å². The minimum Gasteiger partial charge on any atom is -0.491 e. The van der Waals surface area contributed by atoms with Crippen LogP contribution in [0.25, 0.3) is 0 Å². The number of nitrogens with one attached hydrogen (secondary N) is 1. The van der Waals surface area contributed by atoms with Crippen LogP contribution in [0.2, 0.25) is 0 Å². The summed E-state index contributed by atoms with van der Waals surface area (Å²) < 4.78 is 30.9. The van der Waals surface area contributed by atoms with E-state index in [-0.39, 0.29) is 17.5 Å². The SMILES string of the molecule is CCOc1cc(CN2CCC(Nc3nc(OC)nc(N4CCSCC4)n3)CC2)cc(OCC)c1F. The van der Waals surface area contributed by atoms with Gasteiger partial charge in [0.1, 0.15) is 0 Å². The van der Waals surface area contributed by atoms with Crippen LogP contribution in [0.4, 0.5) is 16.3 Å². The van der Waals surface area contributed by atoms with E-state index < -0.39 is 5.82 Å². The molecule has 2 aliphatic rings. The second-order valence-corrected chi connectivity index (χ2v) is 9.74. The number of hydrogen-bond acceptors (Lipinski definition) is 10. The van der Waals surface area contributed by atoms with Crippen molar-refractivity contribution in [1.82, 2.24) is 19.9 Å². The van der Waals surface area contributed by atoms with E-state index in [2.05, 4.69) is 30.1 Å². The largest absolute Gasteiger partial charge is 0.491 e. The van der Waals surface area contributed by atoms with Gasteiger partial charge in [0.2, 0.25) is 17.7 Å². The summed E-state index contributed by atoms with van der Waals surface area (Å²) in [6.07, 6.45) is 1.89. The lowest BCUT2D eigenvalue weighted by atomic mass is 10.0. The molecule has 0 saturated carbocycles. The maximum absolute atomic E-state index is 14.6. The van der Waals surface area contributed by atoms with Crippen LogP contribution >= 0.6 is 11.8 Å². The summed E-state index contributed by atoms with van der Waals surface area (Å²) in [7, 11) is 1.58. The summed E-state index contributed by atoms with van der Waals surface area (Å²) in [5.41, 5.74) is 0.983. The summed E-state index contributed by atoms with van der Waals surface area (Å²) in [6.45, 7) is 8.88. The van der Waals surface area contributed by atoms with Crippen LogP contribution < -0.4 is 24.4 Å². The van der Waals surface area contributed by atoms with Crippen molar-refractivity contribution in [3.63, 3.8) is 0 Å². The molecule has 2 aromatic rings. The van der Waals surface area contributed by atoms with Crippen molar-refractivity contribution in [3.8, 4) is 17.5 Å². The highest BCUT2D eigenvalue weighted by Gasteiger charge is 2.23. The summed E-state index contributed by atoms with van der Waals surface area (Å²) in [5, 5.41) is 3.49. The molecule has 0 aliphatic carbocycles. The topological polar surface area (TPSA) is 84.9 Å². The molecule has 192 valence electrons. The number of aromatic nitrogens is 3. The van der Waals surface area contributed by atoms with Gasteiger partial charge < -0.3 is 24.4 Å². The molecule has 0 spiro atoms. The van der Waals surface area contributed by atoms with Crippen LogP contribution in [0.3, 0.4) is 0 Å². The molecular formula is C24H35FN6O3S. The first-order chi connectivity index (χ1) is 17.1. The zero-order valence-electron chi connectivity index (χ0n) is 20.8. The van der Waals surface area contributed by atoms with Gasteiger partial charge in [-0.05, 0) is 44.4 Å². The number of thioether (sulfide) groups is 1. The van der Waals surface area contributed by atoms with Crippen molar-refractivity contribution in [2.45, 2.75) is 39.3 Å². The fourth-order valence-electron chi connectivity index (χ4n) is 4.32. The lowest BCUT2D eigenvalue weighted by Crippen LogP contribution is -2.39. The minimum absolute atomic E-state index is 0.247. The second kappa shape index (κ2) is 12.4. The summed E-state index contributed by atoms with van der Waals surface area (Å²) in [5.74, 6) is 3.43. The highest BCUT2D eigenvalue weighted by Crippen LogP contribution is 2.30. The van der Waals surface area contributed by atoms with E-state index in [0.29, 0.717) is 37.7 Å². The van der Waals surface area contributed by atoms with Gasteiger partial charge in [0.15, 0.2) is 11.5 Å². The van der Waals surface area contributed by atoms with Crippen LogP contribution in [0.15, 0.2) is 12.1 Å². The molecule has 35 heavy (non-hydrogen) atoms. The first-order valence-corrected chi connectivity index (χ1v) is 13.4. The van der Waals surface area contributed by atoms with Crippen LogP contribution in [-0.4, -0.2) is 83.9 Å². The molecular weight excluding hydrogens is 471 g/mol. The average molecular weight is 507 g/mol. The Bertz CT molecular complexity index is 943. The number of rotatable bonds is 10. The first kappa shape index (κ1) is 25.6. The number of halogens is 1. The van der Waals surface area contributed by atoms with E-state index >= 15 is 0 Å². The summed E-state index contributed by atoms with van der Waals surface area (Å²) >= 11 is 1.95. The Morgan fingerprint density at radius 3 is 2.26 bits per heavy atom. The van der Waals surface area contributed by atoms with Crippen molar-refractivity contribution < 1.29 is 18.6 Å². The van der Waals surface area contributed by atoms with Gasteiger partial charge in [-0.15, -0.1) is 0 Å². The number of nitrogens with zero attached hydrogens (tertiary/aromatic N) is 5. The fraction of sp³-hybridized carbons (Fsp3) is 0.625. The lowest BCUT2D eigenvalue weighted by Gasteiger charge is -2.32. The number of methoxy groups -OCH3 is 1. The molecule has 2 aliphatic heterocycles. The molecule has 0 amide bonds. The first-order valence-electron chi connectivity index (χ1n) is 12.3. The Kier molecular flexibility index (Phi) is 9.08. The van der Waals surface area contributed by atoms with E-state index in [1.807, 2.05) is 25.6 Å². The van der Waals surface area contributed by atoms with Crippen LogP contribution in [0, 0.1) is 5.82 Å². The predicted molar refractivity (Wildman–Crippen MR) is 137 cm³/mol. The van der Waals surface area contributed by atoms with Crippen LogP contribution in [0.5, 0.6) is 17.5 Å². The predicted octanol–water partition coefficient (Wildman–Crippen LogP) is 3.45. The third-order valence-electron chi connectivity index (χ3n) is 6.07. The number of ether oxygens (including phenoxy) is 3. The number of likely N-dealkylation sites (tertiary alicyclic amines) is 1. The second-order valence-electron chi connectivity index (χ2n) is 8.51. The van der Waals surface area contributed by atoms with Gasteiger partial charge >= 0.3 is 6.01 Å². The number of piperidine rings is 1. The molecule has 1 aromatic heterocycles. The third kappa shape index (κ3) is 6.78. The van der Waals surface area contributed by atoms with E-state index in [1.165, 1.54) is 0 Å². The van der Waals surface area contributed by atoms with Gasteiger partial charge in [-0.1, -0.05) is 0 Å². The van der Waals surface area contributed by atoms with Gasteiger partial charge in [0.25, 0.3) is 0 Å². The Labute approximate surface area is 210 Å². The van der Waals surface area contributed by atoms with Crippen LogP contribution in [-0.2, 0) is 6.54 Å². The van der Waals surface area contributed by atoms with E-state index in [1.54, 1.807) is 19.2 Å². The zero-order chi connectivity index (χ0) is 24.6. The van der Waals surface area contributed by atoms with Gasteiger partial charge in [0, 0.05) is 50.3 Å². The summed E-state index contributed by atoms with van der Waals surface area (Å²) in [6, 6.07) is 4.15. The molecule has 3 heterocycles. The molecule has 1 aromatic carbocycles. The van der Waals surface area contributed by atoms with Gasteiger partial charge in [-0.3, -0.25) is 4.90 Å². The van der Waals surface area contributed by atoms with E-state index in [0.717, 1.165) is 56.1 Å². The molecule has 0 bridgehead atoms. The Morgan fingerprint density at radius 1 is 1.00 bits per heavy atom. The van der Waals surface area contributed by atoms with Gasteiger partial charge in [-0.2, -0.15) is 31.1 Å². The smallest absolute Gasteiger partial charge is 0.322 e. The molecule has 0 atom stereocenters. The van der Waals surface area contributed by atoms with E-state index in [9.17, 15) is 4.39 Å². The Morgan fingerprint density at radius 2 is 1.66 bits per heavy atom. The maximum atomic E-state index is 14.6. The molecule has 0 unspecified atom stereocenters. The third-order valence-corrected chi connectivity index (χ3v) is 7.01. The fourth-order valence-corrected chi connectivity index (χ4v) is 5.22. The maximum Gasteiger partial charge on any atom is 0.322 e.